The Hall–Kier alpha value is -0.520. The van der Waals surface area contributed by atoms with Crippen LogP contribution in [0.1, 0.15) is 65.2 Å². The minimum atomic E-state index is -0.0210. The second-order valence-electron chi connectivity index (χ2n) is 5.33. The first-order valence-electron chi connectivity index (χ1n) is 7.60. The van der Waals surface area contributed by atoms with Crippen molar-refractivity contribution in [2.45, 2.75) is 76.9 Å². The third-order valence-electron chi connectivity index (χ3n) is 3.98. The maximum absolute atomic E-state index is 6.20. The Kier molecular flexibility index (Phi) is 7.39. The molecule has 0 aromatic heterocycles. The van der Waals surface area contributed by atoms with Crippen LogP contribution in [0.2, 0.25) is 0 Å². The highest BCUT2D eigenvalue weighted by Gasteiger charge is 2.38. The number of hydrogen-bond donors (Lipinski definition) is 1. The molecular weight excluding hydrogens is 222 g/mol. The first kappa shape index (κ1) is 15.5. The van der Waals surface area contributed by atoms with Crippen molar-refractivity contribution in [1.82, 2.24) is 5.32 Å². The van der Waals surface area contributed by atoms with Gasteiger partial charge in [0.2, 0.25) is 0 Å². The van der Waals surface area contributed by atoms with Crippen molar-refractivity contribution in [3.8, 4) is 12.3 Å². The second-order valence-corrected chi connectivity index (χ2v) is 5.33. The van der Waals surface area contributed by atoms with E-state index in [2.05, 4.69) is 25.1 Å². The molecule has 0 aromatic rings. The van der Waals surface area contributed by atoms with Crippen molar-refractivity contribution in [1.29, 1.82) is 0 Å². The fraction of sp³-hybridized carbons (Fsp3) is 0.875. The first-order chi connectivity index (χ1) is 8.79. The highest BCUT2D eigenvalue weighted by Crippen LogP contribution is 2.34. The molecule has 104 valence electrons. The van der Waals surface area contributed by atoms with Crippen LogP contribution in [0.25, 0.3) is 0 Å². The van der Waals surface area contributed by atoms with Gasteiger partial charge in [0.05, 0.1) is 5.60 Å². The summed E-state index contributed by atoms with van der Waals surface area (Å²) in [7, 11) is 0. The lowest BCUT2D eigenvalue weighted by Gasteiger charge is -2.40. The SMILES string of the molecule is C#CCC(NCCC)C1(OCC)CCCCCC1. The molecule has 0 spiro atoms. The van der Waals surface area contributed by atoms with E-state index in [9.17, 15) is 0 Å². The van der Waals surface area contributed by atoms with Gasteiger partial charge in [0.1, 0.15) is 0 Å². The van der Waals surface area contributed by atoms with E-state index in [1.54, 1.807) is 0 Å². The zero-order valence-corrected chi connectivity index (χ0v) is 12.1. The Bertz CT molecular complexity index is 248. The quantitative estimate of drug-likeness (QED) is 0.552. The number of hydrogen-bond acceptors (Lipinski definition) is 2. The monoisotopic (exact) mass is 251 g/mol. The summed E-state index contributed by atoms with van der Waals surface area (Å²) in [5.41, 5.74) is -0.0210. The average molecular weight is 251 g/mol. The minimum Gasteiger partial charge on any atom is -0.374 e. The van der Waals surface area contributed by atoms with Gasteiger partial charge in [-0.1, -0.05) is 32.6 Å². The van der Waals surface area contributed by atoms with Crippen LogP contribution in [0.15, 0.2) is 0 Å². The maximum atomic E-state index is 6.20. The first-order valence-corrected chi connectivity index (χ1v) is 7.60. The standard InChI is InChI=1S/C16H29NO/c1-4-11-15(17-14-5-2)16(18-6-3)12-9-7-8-10-13-16/h1,15,17H,5-14H2,2-3H3. The molecule has 1 rings (SSSR count). The van der Waals surface area contributed by atoms with Crippen LogP contribution in [-0.2, 0) is 4.74 Å². The summed E-state index contributed by atoms with van der Waals surface area (Å²) in [5, 5.41) is 3.63. The van der Waals surface area contributed by atoms with Gasteiger partial charge in [0, 0.05) is 19.1 Å². The topological polar surface area (TPSA) is 21.3 Å². The predicted molar refractivity (Wildman–Crippen MR) is 77.6 cm³/mol. The average Bonchev–Trinajstić information content (AvgIpc) is 2.61. The smallest absolute Gasteiger partial charge is 0.0843 e. The summed E-state index contributed by atoms with van der Waals surface area (Å²) in [6.45, 7) is 6.11. The van der Waals surface area contributed by atoms with Gasteiger partial charge in [-0.05, 0) is 32.7 Å². The van der Waals surface area contributed by atoms with E-state index in [1.807, 2.05) is 0 Å². The van der Waals surface area contributed by atoms with Crippen LogP contribution in [0, 0.1) is 12.3 Å². The molecule has 2 heteroatoms. The van der Waals surface area contributed by atoms with Crippen molar-refractivity contribution in [2.24, 2.45) is 0 Å². The zero-order valence-electron chi connectivity index (χ0n) is 12.1. The van der Waals surface area contributed by atoms with E-state index in [-0.39, 0.29) is 5.60 Å². The molecule has 1 fully saturated rings. The van der Waals surface area contributed by atoms with E-state index in [0.717, 1.165) is 38.8 Å². The molecule has 1 atom stereocenters. The molecule has 1 aliphatic carbocycles. The molecule has 1 aliphatic rings. The van der Waals surface area contributed by atoms with Crippen molar-refractivity contribution in [3.63, 3.8) is 0 Å². The van der Waals surface area contributed by atoms with Crippen molar-refractivity contribution >= 4 is 0 Å². The van der Waals surface area contributed by atoms with Crippen LogP contribution in [0.3, 0.4) is 0 Å². The highest BCUT2D eigenvalue weighted by atomic mass is 16.5. The second kappa shape index (κ2) is 8.56. The largest absolute Gasteiger partial charge is 0.374 e. The van der Waals surface area contributed by atoms with Gasteiger partial charge < -0.3 is 10.1 Å². The van der Waals surface area contributed by atoms with Gasteiger partial charge in [-0.2, -0.15) is 0 Å². The Labute approximate surface area is 113 Å². The van der Waals surface area contributed by atoms with Crippen LogP contribution >= 0.6 is 0 Å². The molecule has 18 heavy (non-hydrogen) atoms. The summed E-state index contributed by atoms with van der Waals surface area (Å²) >= 11 is 0. The lowest BCUT2D eigenvalue weighted by atomic mass is 9.84. The van der Waals surface area contributed by atoms with E-state index in [4.69, 9.17) is 11.2 Å². The Balaban J connectivity index is 2.78. The van der Waals surface area contributed by atoms with E-state index >= 15 is 0 Å². The van der Waals surface area contributed by atoms with Crippen molar-refractivity contribution < 1.29 is 4.74 Å². The fourth-order valence-electron chi connectivity index (χ4n) is 3.09. The molecule has 0 aromatic carbocycles. The van der Waals surface area contributed by atoms with E-state index in [1.165, 1.54) is 25.7 Å². The predicted octanol–water partition coefficient (Wildman–Crippen LogP) is 3.51. The highest BCUT2D eigenvalue weighted by molar-refractivity contribution is 5.01. The number of terminal acetylenes is 1. The van der Waals surface area contributed by atoms with Gasteiger partial charge in [-0.3, -0.25) is 0 Å². The van der Waals surface area contributed by atoms with E-state index < -0.39 is 0 Å². The molecule has 1 unspecified atom stereocenters. The summed E-state index contributed by atoms with van der Waals surface area (Å²) in [6, 6.07) is 0.320. The molecular formula is C16H29NO. The van der Waals surface area contributed by atoms with Gasteiger partial charge in [0.25, 0.3) is 0 Å². The Morgan fingerprint density at radius 1 is 1.22 bits per heavy atom. The van der Waals surface area contributed by atoms with E-state index in [0.29, 0.717) is 6.04 Å². The summed E-state index contributed by atoms with van der Waals surface area (Å²) in [4.78, 5) is 0. The number of nitrogens with one attached hydrogen (secondary N) is 1. The van der Waals surface area contributed by atoms with Crippen molar-refractivity contribution in [2.75, 3.05) is 13.2 Å². The van der Waals surface area contributed by atoms with Gasteiger partial charge in [-0.25, -0.2) is 0 Å². The summed E-state index contributed by atoms with van der Waals surface area (Å²) < 4.78 is 6.20. The third kappa shape index (κ3) is 4.30. The minimum absolute atomic E-state index is 0.0210. The third-order valence-corrected chi connectivity index (χ3v) is 3.98. The Morgan fingerprint density at radius 2 is 1.89 bits per heavy atom. The lowest BCUT2D eigenvalue weighted by Crippen LogP contribution is -2.52. The fourth-order valence-corrected chi connectivity index (χ4v) is 3.09. The molecule has 0 bridgehead atoms. The molecule has 0 saturated heterocycles. The van der Waals surface area contributed by atoms with Crippen molar-refractivity contribution in [3.05, 3.63) is 0 Å². The maximum Gasteiger partial charge on any atom is 0.0843 e. The number of rotatable bonds is 7. The molecule has 1 saturated carbocycles. The molecule has 2 nitrogen and oxygen atoms in total. The van der Waals surface area contributed by atoms with Crippen LogP contribution in [-0.4, -0.2) is 24.8 Å². The lowest BCUT2D eigenvalue weighted by molar-refractivity contribution is -0.0756. The summed E-state index contributed by atoms with van der Waals surface area (Å²) in [5.74, 6) is 2.84. The zero-order chi connectivity index (χ0) is 13.3. The molecule has 0 aliphatic heterocycles. The Morgan fingerprint density at radius 3 is 2.39 bits per heavy atom. The van der Waals surface area contributed by atoms with Gasteiger partial charge in [-0.15, -0.1) is 12.3 Å². The number of ether oxygens (including phenoxy) is 1. The molecule has 0 heterocycles. The van der Waals surface area contributed by atoms with Gasteiger partial charge in [0.15, 0.2) is 0 Å². The summed E-state index contributed by atoms with van der Waals surface area (Å²) in [6.07, 6.45) is 15.0. The molecule has 1 N–H and O–H groups in total. The normalized spacial score (nSPS) is 20.9. The molecule has 0 radical (unpaired) electrons. The van der Waals surface area contributed by atoms with Crippen LogP contribution in [0.4, 0.5) is 0 Å². The van der Waals surface area contributed by atoms with Crippen LogP contribution in [0.5, 0.6) is 0 Å². The molecule has 0 amide bonds. The van der Waals surface area contributed by atoms with Gasteiger partial charge >= 0.3 is 0 Å². The van der Waals surface area contributed by atoms with Crippen LogP contribution < -0.4 is 5.32 Å².